The molecule has 94 valence electrons. The van der Waals surface area contributed by atoms with Crippen molar-refractivity contribution in [3.63, 3.8) is 0 Å². The number of nitrogens with two attached hydrogens (primary N) is 2. The van der Waals surface area contributed by atoms with Gasteiger partial charge in [-0.15, -0.1) is 0 Å². The number of nitrogen functional groups attached to an aromatic ring is 2. The Balaban J connectivity index is 2.24. The predicted molar refractivity (Wildman–Crippen MR) is 66.7 cm³/mol. The molecule has 0 aliphatic carbocycles. The van der Waals surface area contributed by atoms with E-state index in [1.807, 2.05) is 6.92 Å². The van der Waals surface area contributed by atoms with Crippen LogP contribution >= 0.6 is 11.6 Å². The van der Waals surface area contributed by atoms with Gasteiger partial charge in [0.25, 0.3) is 0 Å². The summed E-state index contributed by atoms with van der Waals surface area (Å²) in [4.78, 5) is 0. The molecule has 2 rings (SSSR count). The van der Waals surface area contributed by atoms with E-state index in [0.29, 0.717) is 47.7 Å². The van der Waals surface area contributed by atoms with Gasteiger partial charge in [0.15, 0.2) is 17.6 Å². The molecule has 1 aromatic rings. The third kappa shape index (κ3) is 2.35. The van der Waals surface area contributed by atoms with Gasteiger partial charge in [-0.1, -0.05) is 11.6 Å². The molecule has 1 heterocycles. The monoisotopic (exact) mass is 258 g/mol. The molecular weight excluding hydrogens is 244 g/mol. The lowest BCUT2D eigenvalue weighted by atomic mass is 10.2. The average molecular weight is 259 g/mol. The van der Waals surface area contributed by atoms with E-state index in [-0.39, 0.29) is 6.10 Å². The van der Waals surface area contributed by atoms with Gasteiger partial charge in [0.05, 0.1) is 23.0 Å². The Bertz CT molecular complexity index is 426. The molecule has 4 N–H and O–H groups in total. The lowest BCUT2D eigenvalue weighted by Gasteiger charge is -2.28. The summed E-state index contributed by atoms with van der Waals surface area (Å²) in [7, 11) is 0. The van der Waals surface area contributed by atoms with Gasteiger partial charge < -0.3 is 25.7 Å². The van der Waals surface area contributed by atoms with Crippen LogP contribution in [0.25, 0.3) is 0 Å². The lowest BCUT2D eigenvalue weighted by molar-refractivity contribution is 0.0137. The lowest BCUT2D eigenvalue weighted by Crippen LogP contribution is -2.34. The second-order valence-electron chi connectivity index (χ2n) is 3.73. The van der Waals surface area contributed by atoms with Gasteiger partial charge in [0.2, 0.25) is 0 Å². The van der Waals surface area contributed by atoms with E-state index in [1.54, 1.807) is 6.07 Å². The zero-order chi connectivity index (χ0) is 12.4. The number of anilines is 2. The molecule has 1 unspecified atom stereocenters. The van der Waals surface area contributed by atoms with Crippen LogP contribution in [0.4, 0.5) is 11.4 Å². The summed E-state index contributed by atoms with van der Waals surface area (Å²) in [6.07, 6.45) is -0.192. The molecule has 17 heavy (non-hydrogen) atoms. The molecule has 0 saturated carbocycles. The van der Waals surface area contributed by atoms with Gasteiger partial charge in [-0.25, -0.2) is 0 Å². The highest BCUT2D eigenvalue weighted by Crippen LogP contribution is 2.45. The molecule has 0 radical (unpaired) electrons. The predicted octanol–water partition coefficient (Wildman–Crippen LogP) is 1.68. The van der Waals surface area contributed by atoms with Gasteiger partial charge in [-0.2, -0.15) is 0 Å². The molecule has 1 aliphatic heterocycles. The molecule has 5 nitrogen and oxygen atoms in total. The van der Waals surface area contributed by atoms with Crippen LogP contribution in [0.2, 0.25) is 5.02 Å². The van der Waals surface area contributed by atoms with E-state index in [2.05, 4.69) is 0 Å². The zero-order valence-corrected chi connectivity index (χ0v) is 10.3. The molecule has 0 amide bonds. The summed E-state index contributed by atoms with van der Waals surface area (Å²) >= 11 is 5.93. The molecule has 0 aromatic heterocycles. The van der Waals surface area contributed by atoms with Crippen LogP contribution in [0.3, 0.4) is 0 Å². The van der Waals surface area contributed by atoms with Crippen molar-refractivity contribution in [3.05, 3.63) is 11.1 Å². The zero-order valence-electron chi connectivity index (χ0n) is 9.53. The van der Waals surface area contributed by atoms with Crippen molar-refractivity contribution in [1.82, 2.24) is 0 Å². The first-order valence-electron chi connectivity index (χ1n) is 5.38. The Labute approximate surface area is 105 Å². The summed E-state index contributed by atoms with van der Waals surface area (Å²) in [5.74, 6) is 0.866. The normalized spacial score (nSPS) is 18.1. The van der Waals surface area contributed by atoms with Gasteiger partial charge in [-0.05, 0) is 13.0 Å². The second kappa shape index (κ2) is 4.89. The van der Waals surface area contributed by atoms with Crippen LogP contribution in [-0.4, -0.2) is 25.9 Å². The topological polar surface area (TPSA) is 79.7 Å². The Hall–Kier alpha value is -1.33. The van der Waals surface area contributed by atoms with Crippen molar-refractivity contribution in [2.24, 2.45) is 0 Å². The first-order chi connectivity index (χ1) is 8.13. The molecule has 0 saturated heterocycles. The van der Waals surface area contributed by atoms with E-state index in [1.165, 1.54) is 0 Å². The maximum Gasteiger partial charge on any atom is 0.188 e. The second-order valence-corrected chi connectivity index (χ2v) is 4.14. The van der Waals surface area contributed by atoms with Crippen LogP contribution in [0.5, 0.6) is 11.5 Å². The number of fused-ring (bicyclic) bond motifs is 1. The number of ether oxygens (including phenoxy) is 3. The highest BCUT2D eigenvalue weighted by Gasteiger charge is 2.26. The Morgan fingerprint density at radius 2 is 2.24 bits per heavy atom. The van der Waals surface area contributed by atoms with Crippen LogP contribution in [0, 0.1) is 0 Å². The minimum absolute atomic E-state index is 0.192. The number of hydrogen-bond acceptors (Lipinski definition) is 5. The van der Waals surface area contributed by atoms with Crippen LogP contribution in [0.1, 0.15) is 6.92 Å². The van der Waals surface area contributed by atoms with E-state index in [9.17, 15) is 0 Å². The minimum Gasteiger partial charge on any atom is -0.484 e. The fraction of sp³-hybridized carbons (Fsp3) is 0.455. The molecule has 6 heteroatoms. The first-order valence-corrected chi connectivity index (χ1v) is 5.76. The van der Waals surface area contributed by atoms with Crippen molar-refractivity contribution < 1.29 is 14.2 Å². The molecule has 0 fully saturated rings. The molecule has 0 spiro atoms. The SMILES string of the molecule is CCOCC1COc2c(N)cc(Cl)c(N)c2O1. The van der Waals surface area contributed by atoms with Gasteiger partial charge in [0, 0.05) is 6.61 Å². The standard InChI is InChI=1S/C11H15ClN2O3/c1-2-15-4-6-5-16-10-8(13)3-7(12)9(14)11(10)17-6/h3,6H,2,4-5,13-14H2,1H3. The first kappa shape index (κ1) is 12.1. The largest absolute Gasteiger partial charge is 0.484 e. The molecule has 0 bridgehead atoms. The van der Waals surface area contributed by atoms with Crippen LogP contribution in [-0.2, 0) is 4.74 Å². The van der Waals surface area contributed by atoms with Crippen LogP contribution < -0.4 is 20.9 Å². The van der Waals surface area contributed by atoms with Crippen LogP contribution in [0.15, 0.2) is 6.07 Å². The van der Waals surface area contributed by atoms with Crippen molar-refractivity contribution in [2.45, 2.75) is 13.0 Å². The third-order valence-corrected chi connectivity index (χ3v) is 2.77. The summed E-state index contributed by atoms with van der Waals surface area (Å²) in [5.41, 5.74) is 12.4. The maximum absolute atomic E-state index is 5.93. The Morgan fingerprint density at radius 1 is 1.47 bits per heavy atom. The maximum atomic E-state index is 5.93. The summed E-state index contributed by atoms with van der Waals surface area (Å²) in [6.45, 7) is 3.38. The smallest absolute Gasteiger partial charge is 0.188 e. The van der Waals surface area contributed by atoms with E-state index in [0.717, 1.165) is 0 Å². The third-order valence-electron chi connectivity index (χ3n) is 2.46. The number of hydrogen-bond donors (Lipinski definition) is 2. The van der Waals surface area contributed by atoms with Crippen molar-refractivity contribution in [1.29, 1.82) is 0 Å². The Kier molecular flexibility index (Phi) is 3.49. The molecule has 1 aliphatic rings. The van der Waals surface area contributed by atoms with Gasteiger partial charge in [-0.3, -0.25) is 0 Å². The van der Waals surface area contributed by atoms with Crippen molar-refractivity contribution in [3.8, 4) is 11.5 Å². The fourth-order valence-corrected chi connectivity index (χ4v) is 1.82. The van der Waals surface area contributed by atoms with E-state index < -0.39 is 0 Å². The molecular formula is C11H15ClN2O3. The van der Waals surface area contributed by atoms with E-state index >= 15 is 0 Å². The van der Waals surface area contributed by atoms with Crippen molar-refractivity contribution in [2.75, 3.05) is 31.3 Å². The highest BCUT2D eigenvalue weighted by molar-refractivity contribution is 6.34. The van der Waals surface area contributed by atoms with Gasteiger partial charge >= 0.3 is 0 Å². The number of halogens is 1. The summed E-state index contributed by atoms with van der Waals surface area (Å²) in [6, 6.07) is 1.56. The number of benzene rings is 1. The van der Waals surface area contributed by atoms with E-state index in [4.69, 9.17) is 37.3 Å². The summed E-state index contributed by atoms with van der Waals surface area (Å²) in [5, 5.41) is 0.363. The average Bonchev–Trinajstić information content (AvgIpc) is 2.33. The van der Waals surface area contributed by atoms with Gasteiger partial charge in [0.1, 0.15) is 6.61 Å². The highest BCUT2D eigenvalue weighted by atomic mass is 35.5. The minimum atomic E-state index is -0.192. The summed E-state index contributed by atoms with van der Waals surface area (Å²) < 4.78 is 16.5. The number of rotatable bonds is 3. The fourth-order valence-electron chi connectivity index (χ4n) is 1.62. The molecule has 1 aromatic carbocycles. The Morgan fingerprint density at radius 3 is 2.94 bits per heavy atom. The molecule has 1 atom stereocenters. The van der Waals surface area contributed by atoms with Crippen molar-refractivity contribution >= 4 is 23.0 Å². The quantitative estimate of drug-likeness (QED) is 0.807.